The summed E-state index contributed by atoms with van der Waals surface area (Å²) < 4.78 is 0. The largest absolute Gasteiger partial charge is 0.312 e. The molecule has 0 aromatic carbocycles. The van der Waals surface area contributed by atoms with E-state index in [2.05, 4.69) is 24.1 Å². The standard InChI is InChI=1S/C16H30N2/c1-3-16(2)7-9-18(10-8-16)12-15-14-6-4-5-13(14)11-17-15/h13-15,17H,3-12H2,1-2H3. The van der Waals surface area contributed by atoms with Crippen LogP contribution in [0.4, 0.5) is 0 Å². The van der Waals surface area contributed by atoms with Crippen LogP contribution in [0, 0.1) is 17.3 Å². The molecule has 1 aliphatic carbocycles. The Kier molecular flexibility index (Phi) is 3.68. The summed E-state index contributed by atoms with van der Waals surface area (Å²) in [5.41, 5.74) is 0.634. The molecule has 0 radical (unpaired) electrons. The van der Waals surface area contributed by atoms with E-state index < -0.39 is 0 Å². The van der Waals surface area contributed by atoms with Gasteiger partial charge in [0.1, 0.15) is 0 Å². The lowest BCUT2D eigenvalue weighted by atomic mass is 9.78. The van der Waals surface area contributed by atoms with Crippen molar-refractivity contribution in [3.05, 3.63) is 0 Å². The minimum Gasteiger partial charge on any atom is -0.312 e. The van der Waals surface area contributed by atoms with Crippen LogP contribution in [0.25, 0.3) is 0 Å². The molecule has 3 aliphatic rings. The summed E-state index contributed by atoms with van der Waals surface area (Å²) in [6, 6.07) is 0.809. The van der Waals surface area contributed by atoms with E-state index in [9.17, 15) is 0 Å². The predicted molar refractivity (Wildman–Crippen MR) is 76.7 cm³/mol. The van der Waals surface area contributed by atoms with E-state index in [4.69, 9.17) is 0 Å². The molecule has 0 bridgehead atoms. The smallest absolute Gasteiger partial charge is 0.0226 e. The average Bonchev–Trinajstić information content (AvgIpc) is 2.97. The summed E-state index contributed by atoms with van der Waals surface area (Å²) in [4.78, 5) is 2.73. The van der Waals surface area contributed by atoms with Gasteiger partial charge in [0.2, 0.25) is 0 Å². The van der Waals surface area contributed by atoms with Gasteiger partial charge in [-0.15, -0.1) is 0 Å². The van der Waals surface area contributed by atoms with E-state index >= 15 is 0 Å². The van der Waals surface area contributed by atoms with Gasteiger partial charge in [-0.2, -0.15) is 0 Å². The van der Waals surface area contributed by atoms with Crippen molar-refractivity contribution in [3.8, 4) is 0 Å². The number of rotatable bonds is 3. The fraction of sp³-hybridized carbons (Fsp3) is 1.00. The zero-order chi connectivity index (χ0) is 12.6. The molecule has 104 valence electrons. The first-order valence-corrected chi connectivity index (χ1v) is 8.16. The molecule has 3 unspecified atom stereocenters. The summed E-state index contributed by atoms with van der Waals surface area (Å²) in [5, 5.41) is 3.80. The highest BCUT2D eigenvalue weighted by atomic mass is 15.2. The van der Waals surface area contributed by atoms with Gasteiger partial charge < -0.3 is 10.2 Å². The molecule has 2 heterocycles. The van der Waals surface area contributed by atoms with Crippen LogP contribution in [0.5, 0.6) is 0 Å². The first-order valence-electron chi connectivity index (χ1n) is 8.16. The van der Waals surface area contributed by atoms with Gasteiger partial charge >= 0.3 is 0 Å². The van der Waals surface area contributed by atoms with Gasteiger partial charge in [0.25, 0.3) is 0 Å². The van der Waals surface area contributed by atoms with Crippen LogP contribution in [0.15, 0.2) is 0 Å². The van der Waals surface area contributed by atoms with Gasteiger partial charge in [-0.3, -0.25) is 0 Å². The minimum atomic E-state index is 0.634. The first-order chi connectivity index (χ1) is 8.70. The molecule has 2 saturated heterocycles. The summed E-state index contributed by atoms with van der Waals surface area (Å²) in [5.74, 6) is 2.02. The van der Waals surface area contributed by atoms with E-state index in [1.165, 1.54) is 64.7 Å². The van der Waals surface area contributed by atoms with Gasteiger partial charge in [0.05, 0.1) is 0 Å². The van der Waals surface area contributed by atoms with Crippen molar-refractivity contribution in [3.63, 3.8) is 0 Å². The zero-order valence-electron chi connectivity index (χ0n) is 12.3. The number of likely N-dealkylation sites (tertiary alicyclic amines) is 1. The Labute approximate surface area is 113 Å². The minimum absolute atomic E-state index is 0.634. The van der Waals surface area contributed by atoms with Crippen LogP contribution >= 0.6 is 0 Å². The number of nitrogens with one attached hydrogen (secondary N) is 1. The third-order valence-corrected chi connectivity index (χ3v) is 6.25. The fourth-order valence-electron chi connectivity index (χ4n) is 4.41. The molecule has 2 aliphatic heterocycles. The average molecular weight is 250 g/mol. The first kappa shape index (κ1) is 12.9. The Morgan fingerprint density at radius 1 is 1.22 bits per heavy atom. The monoisotopic (exact) mass is 250 g/mol. The van der Waals surface area contributed by atoms with E-state index in [0.29, 0.717) is 5.41 Å². The summed E-state index contributed by atoms with van der Waals surface area (Å²) in [6.07, 6.45) is 8.63. The van der Waals surface area contributed by atoms with Crippen molar-refractivity contribution < 1.29 is 0 Å². The van der Waals surface area contributed by atoms with Gasteiger partial charge in [-0.25, -0.2) is 0 Å². The summed E-state index contributed by atoms with van der Waals surface area (Å²) in [6.45, 7) is 10.1. The summed E-state index contributed by atoms with van der Waals surface area (Å²) >= 11 is 0. The Hall–Kier alpha value is -0.0800. The second-order valence-corrected chi connectivity index (χ2v) is 7.33. The SMILES string of the molecule is CCC1(C)CCN(CC2NCC3CCCC32)CC1. The van der Waals surface area contributed by atoms with Crippen LogP contribution in [0.2, 0.25) is 0 Å². The van der Waals surface area contributed by atoms with Crippen LogP contribution < -0.4 is 5.32 Å². The van der Waals surface area contributed by atoms with Crippen molar-refractivity contribution >= 4 is 0 Å². The van der Waals surface area contributed by atoms with Crippen molar-refractivity contribution in [2.75, 3.05) is 26.2 Å². The molecule has 2 nitrogen and oxygen atoms in total. The maximum atomic E-state index is 3.80. The van der Waals surface area contributed by atoms with Crippen molar-refractivity contribution in [2.45, 2.75) is 58.4 Å². The van der Waals surface area contributed by atoms with Crippen LogP contribution in [0.3, 0.4) is 0 Å². The van der Waals surface area contributed by atoms with Gasteiger partial charge in [-0.05, 0) is 62.6 Å². The lowest BCUT2D eigenvalue weighted by Gasteiger charge is -2.40. The quantitative estimate of drug-likeness (QED) is 0.828. The zero-order valence-corrected chi connectivity index (χ0v) is 12.3. The molecule has 3 rings (SSSR count). The number of hydrogen-bond donors (Lipinski definition) is 1. The van der Waals surface area contributed by atoms with Gasteiger partial charge in [-0.1, -0.05) is 26.7 Å². The van der Waals surface area contributed by atoms with Gasteiger partial charge in [0.15, 0.2) is 0 Å². The lowest BCUT2D eigenvalue weighted by Crippen LogP contribution is -2.45. The number of fused-ring (bicyclic) bond motifs is 1. The Bertz CT molecular complexity index is 281. The normalized spacial score (nSPS) is 40.0. The number of hydrogen-bond acceptors (Lipinski definition) is 2. The van der Waals surface area contributed by atoms with E-state index in [-0.39, 0.29) is 0 Å². The number of nitrogens with zero attached hydrogens (tertiary/aromatic N) is 1. The Balaban J connectivity index is 1.50. The maximum absolute atomic E-state index is 3.80. The number of piperidine rings is 1. The van der Waals surface area contributed by atoms with Crippen LogP contribution in [-0.4, -0.2) is 37.1 Å². The molecule has 0 amide bonds. The van der Waals surface area contributed by atoms with E-state index in [1.807, 2.05) is 0 Å². The predicted octanol–water partition coefficient (Wildman–Crippen LogP) is 2.89. The molecular weight excluding hydrogens is 220 g/mol. The third kappa shape index (κ3) is 2.46. The molecule has 18 heavy (non-hydrogen) atoms. The van der Waals surface area contributed by atoms with Gasteiger partial charge in [0, 0.05) is 12.6 Å². The Morgan fingerprint density at radius 3 is 2.72 bits per heavy atom. The molecule has 3 atom stereocenters. The van der Waals surface area contributed by atoms with Crippen molar-refractivity contribution in [1.82, 2.24) is 10.2 Å². The highest BCUT2D eigenvalue weighted by molar-refractivity contribution is 4.96. The molecule has 0 aromatic heterocycles. The van der Waals surface area contributed by atoms with Crippen molar-refractivity contribution in [1.29, 1.82) is 0 Å². The molecule has 2 heteroatoms. The second-order valence-electron chi connectivity index (χ2n) is 7.33. The molecular formula is C16H30N2. The van der Waals surface area contributed by atoms with E-state index in [0.717, 1.165) is 17.9 Å². The molecule has 1 saturated carbocycles. The van der Waals surface area contributed by atoms with Crippen molar-refractivity contribution in [2.24, 2.45) is 17.3 Å². The third-order valence-electron chi connectivity index (χ3n) is 6.25. The topological polar surface area (TPSA) is 15.3 Å². The molecule has 1 N–H and O–H groups in total. The highest BCUT2D eigenvalue weighted by Crippen LogP contribution is 2.39. The molecule has 0 aromatic rings. The molecule has 0 spiro atoms. The summed E-state index contributed by atoms with van der Waals surface area (Å²) in [7, 11) is 0. The molecule has 3 fully saturated rings. The lowest BCUT2D eigenvalue weighted by molar-refractivity contribution is 0.103. The van der Waals surface area contributed by atoms with E-state index in [1.54, 1.807) is 0 Å². The van der Waals surface area contributed by atoms with Crippen LogP contribution in [-0.2, 0) is 0 Å². The highest BCUT2D eigenvalue weighted by Gasteiger charge is 2.40. The Morgan fingerprint density at radius 2 is 2.00 bits per heavy atom. The van der Waals surface area contributed by atoms with Crippen LogP contribution in [0.1, 0.15) is 52.4 Å². The maximum Gasteiger partial charge on any atom is 0.0226 e. The fourth-order valence-corrected chi connectivity index (χ4v) is 4.41. The second kappa shape index (κ2) is 5.13.